The molecule has 1 amide bonds. The van der Waals surface area contributed by atoms with Gasteiger partial charge in [0.15, 0.2) is 0 Å². The Bertz CT molecular complexity index is 632. The minimum absolute atomic E-state index is 0.0676. The Hall–Kier alpha value is -2.25. The Balaban J connectivity index is 1.62. The molecule has 4 heteroatoms. The van der Waals surface area contributed by atoms with Gasteiger partial charge in [-0.2, -0.15) is 5.26 Å². The van der Waals surface area contributed by atoms with E-state index in [1.807, 2.05) is 30.3 Å². The number of nitriles is 1. The molecule has 3 nitrogen and oxygen atoms in total. The molecule has 0 bridgehead atoms. The van der Waals surface area contributed by atoms with Crippen molar-refractivity contribution in [2.45, 2.75) is 17.7 Å². The number of hydrogen-bond donors (Lipinski definition) is 1. The summed E-state index contributed by atoms with van der Waals surface area (Å²) < 4.78 is 0. The monoisotopic (exact) mass is 310 g/mol. The van der Waals surface area contributed by atoms with Gasteiger partial charge in [-0.1, -0.05) is 30.3 Å². The maximum absolute atomic E-state index is 11.8. The van der Waals surface area contributed by atoms with Crippen LogP contribution in [-0.4, -0.2) is 18.2 Å². The lowest BCUT2D eigenvalue weighted by molar-refractivity contribution is -0.120. The van der Waals surface area contributed by atoms with E-state index < -0.39 is 0 Å². The third-order valence-corrected chi connectivity index (χ3v) is 4.17. The molecule has 0 spiro atoms. The molecule has 0 aliphatic carbocycles. The van der Waals surface area contributed by atoms with Gasteiger partial charge in [0.25, 0.3) is 0 Å². The van der Waals surface area contributed by atoms with Gasteiger partial charge in [0.05, 0.1) is 11.6 Å². The smallest absolute Gasteiger partial charge is 0.220 e. The highest BCUT2D eigenvalue weighted by Crippen LogP contribution is 2.15. The van der Waals surface area contributed by atoms with Crippen LogP contribution in [0.25, 0.3) is 0 Å². The third-order valence-electron chi connectivity index (χ3n) is 3.16. The maximum atomic E-state index is 11.8. The first-order chi connectivity index (χ1) is 10.8. The van der Waals surface area contributed by atoms with Gasteiger partial charge >= 0.3 is 0 Å². The van der Waals surface area contributed by atoms with E-state index in [9.17, 15) is 4.79 Å². The van der Waals surface area contributed by atoms with Crippen LogP contribution in [0.15, 0.2) is 59.5 Å². The summed E-state index contributed by atoms with van der Waals surface area (Å²) in [4.78, 5) is 13.0. The van der Waals surface area contributed by atoms with E-state index >= 15 is 0 Å². The quantitative estimate of drug-likeness (QED) is 0.630. The van der Waals surface area contributed by atoms with Gasteiger partial charge in [-0.15, -0.1) is 11.8 Å². The molecule has 0 unspecified atom stereocenters. The summed E-state index contributed by atoms with van der Waals surface area (Å²) in [5, 5.41) is 11.7. The number of thioether (sulfide) groups is 1. The minimum Gasteiger partial charge on any atom is -0.355 e. The second-order valence-corrected chi connectivity index (χ2v) is 5.99. The molecular weight excluding hydrogens is 292 g/mol. The standard InChI is InChI=1S/C18H18N2OS/c19-14-16-8-6-15(7-9-16)10-11-18(21)20-12-13-22-17-4-2-1-3-5-17/h1-9H,10-13H2,(H,20,21). The average molecular weight is 310 g/mol. The number of carbonyl (C=O) groups is 1. The van der Waals surface area contributed by atoms with Crippen molar-refractivity contribution < 1.29 is 4.79 Å². The van der Waals surface area contributed by atoms with Crippen molar-refractivity contribution in [2.24, 2.45) is 0 Å². The summed E-state index contributed by atoms with van der Waals surface area (Å²) in [6.45, 7) is 0.672. The molecule has 2 aromatic rings. The maximum Gasteiger partial charge on any atom is 0.220 e. The summed E-state index contributed by atoms with van der Waals surface area (Å²) in [5.41, 5.74) is 1.72. The Labute approximate surface area is 135 Å². The van der Waals surface area contributed by atoms with Crippen LogP contribution in [0.3, 0.4) is 0 Å². The molecule has 0 atom stereocenters. The predicted molar refractivity (Wildman–Crippen MR) is 89.7 cm³/mol. The van der Waals surface area contributed by atoms with Crippen molar-refractivity contribution in [3.63, 3.8) is 0 Å². The van der Waals surface area contributed by atoms with Crippen LogP contribution in [0.5, 0.6) is 0 Å². The van der Waals surface area contributed by atoms with Crippen molar-refractivity contribution in [3.8, 4) is 6.07 Å². The first kappa shape index (κ1) is 16.1. The largest absolute Gasteiger partial charge is 0.355 e. The Morgan fingerprint density at radius 3 is 2.50 bits per heavy atom. The second kappa shape index (κ2) is 8.91. The number of nitrogens with zero attached hydrogens (tertiary/aromatic N) is 1. The fourth-order valence-electron chi connectivity index (χ4n) is 1.97. The molecule has 0 saturated carbocycles. The lowest BCUT2D eigenvalue weighted by atomic mass is 10.1. The highest BCUT2D eigenvalue weighted by molar-refractivity contribution is 7.99. The van der Waals surface area contributed by atoms with Gasteiger partial charge in [-0.25, -0.2) is 0 Å². The normalized spacial score (nSPS) is 9.95. The zero-order chi connectivity index (χ0) is 15.6. The van der Waals surface area contributed by atoms with Gasteiger partial charge in [0.2, 0.25) is 5.91 Å². The number of amides is 1. The molecule has 0 aliphatic heterocycles. The number of benzene rings is 2. The van der Waals surface area contributed by atoms with Crippen LogP contribution in [0.4, 0.5) is 0 Å². The first-order valence-electron chi connectivity index (χ1n) is 7.21. The summed E-state index contributed by atoms with van der Waals surface area (Å²) >= 11 is 1.74. The number of rotatable bonds is 7. The molecule has 0 aromatic heterocycles. The van der Waals surface area contributed by atoms with Crippen LogP contribution in [-0.2, 0) is 11.2 Å². The van der Waals surface area contributed by atoms with Crippen LogP contribution < -0.4 is 5.32 Å². The van der Waals surface area contributed by atoms with Crippen molar-refractivity contribution in [1.82, 2.24) is 5.32 Å². The van der Waals surface area contributed by atoms with Crippen molar-refractivity contribution in [2.75, 3.05) is 12.3 Å². The molecule has 0 fully saturated rings. The summed E-state index contributed by atoms with van der Waals surface area (Å²) in [7, 11) is 0. The van der Waals surface area contributed by atoms with E-state index in [1.165, 1.54) is 4.90 Å². The van der Waals surface area contributed by atoms with Gasteiger partial charge in [0.1, 0.15) is 0 Å². The number of nitrogens with one attached hydrogen (secondary N) is 1. The number of carbonyl (C=O) groups excluding carboxylic acids is 1. The molecule has 1 N–H and O–H groups in total. The predicted octanol–water partition coefficient (Wildman–Crippen LogP) is 3.40. The Kier molecular flexibility index (Phi) is 6.53. The molecular formula is C18H18N2OS. The minimum atomic E-state index is 0.0676. The molecule has 0 heterocycles. The molecule has 22 heavy (non-hydrogen) atoms. The van der Waals surface area contributed by atoms with Crippen molar-refractivity contribution in [3.05, 3.63) is 65.7 Å². The van der Waals surface area contributed by atoms with Gasteiger partial charge < -0.3 is 5.32 Å². The van der Waals surface area contributed by atoms with Crippen molar-refractivity contribution in [1.29, 1.82) is 5.26 Å². The highest BCUT2D eigenvalue weighted by Gasteiger charge is 2.02. The van der Waals surface area contributed by atoms with Crippen LogP contribution in [0.1, 0.15) is 17.5 Å². The second-order valence-electron chi connectivity index (χ2n) is 4.82. The molecule has 0 saturated heterocycles. The van der Waals surface area contributed by atoms with Gasteiger partial charge in [-0.3, -0.25) is 4.79 Å². The lowest BCUT2D eigenvalue weighted by Gasteiger charge is -2.05. The molecule has 0 radical (unpaired) electrons. The topological polar surface area (TPSA) is 52.9 Å². The van der Waals surface area contributed by atoms with E-state index in [2.05, 4.69) is 23.5 Å². The van der Waals surface area contributed by atoms with Crippen LogP contribution in [0.2, 0.25) is 0 Å². The fourth-order valence-corrected chi connectivity index (χ4v) is 2.76. The van der Waals surface area contributed by atoms with E-state index in [0.29, 0.717) is 24.9 Å². The molecule has 0 aliphatic rings. The summed E-state index contributed by atoms with van der Waals surface area (Å²) in [5.74, 6) is 0.935. The van der Waals surface area contributed by atoms with Gasteiger partial charge in [0, 0.05) is 23.6 Å². The van der Waals surface area contributed by atoms with Gasteiger partial charge in [-0.05, 0) is 36.2 Å². The summed E-state index contributed by atoms with van der Waals surface area (Å²) in [6, 6.07) is 19.6. The number of hydrogen-bond acceptors (Lipinski definition) is 3. The molecule has 2 rings (SSSR count). The van der Waals surface area contributed by atoms with E-state index in [4.69, 9.17) is 5.26 Å². The lowest BCUT2D eigenvalue weighted by Crippen LogP contribution is -2.25. The third kappa shape index (κ3) is 5.63. The summed E-state index contributed by atoms with van der Waals surface area (Å²) in [6.07, 6.45) is 1.17. The Morgan fingerprint density at radius 2 is 1.82 bits per heavy atom. The zero-order valence-corrected chi connectivity index (χ0v) is 13.1. The van der Waals surface area contributed by atoms with Crippen LogP contribution in [0, 0.1) is 11.3 Å². The van der Waals surface area contributed by atoms with Crippen molar-refractivity contribution >= 4 is 17.7 Å². The first-order valence-corrected chi connectivity index (χ1v) is 8.20. The van der Waals surface area contributed by atoms with Crippen LogP contribution >= 0.6 is 11.8 Å². The highest BCUT2D eigenvalue weighted by atomic mass is 32.2. The molecule has 112 valence electrons. The van der Waals surface area contributed by atoms with E-state index in [1.54, 1.807) is 23.9 Å². The zero-order valence-electron chi connectivity index (χ0n) is 12.3. The SMILES string of the molecule is N#Cc1ccc(CCC(=O)NCCSc2ccccc2)cc1. The average Bonchev–Trinajstić information content (AvgIpc) is 2.58. The molecule has 2 aromatic carbocycles. The fraction of sp³-hybridized carbons (Fsp3) is 0.222. The number of aryl methyl sites for hydroxylation is 1. The van der Waals surface area contributed by atoms with E-state index in [0.717, 1.165) is 11.3 Å². The Morgan fingerprint density at radius 1 is 1.09 bits per heavy atom. The van der Waals surface area contributed by atoms with E-state index in [-0.39, 0.29) is 5.91 Å².